The highest BCUT2D eigenvalue weighted by Crippen LogP contribution is 2.25. The van der Waals surface area contributed by atoms with Crippen LogP contribution in [0.15, 0.2) is 35.7 Å². The first-order valence-corrected chi connectivity index (χ1v) is 9.49. The number of likely N-dealkylation sites (tertiary alicyclic amines) is 1. The van der Waals surface area contributed by atoms with Gasteiger partial charge < -0.3 is 9.64 Å². The van der Waals surface area contributed by atoms with Gasteiger partial charge in [-0.25, -0.2) is 0 Å². The third-order valence-corrected chi connectivity index (χ3v) is 5.66. The highest BCUT2D eigenvalue weighted by molar-refractivity contribution is 7.09. The molecule has 1 aliphatic heterocycles. The fourth-order valence-electron chi connectivity index (χ4n) is 3.39. The molecule has 1 aromatic carbocycles. The van der Waals surface area contributed by atoms with Crippen molar-refractivity contribution in [2.75, 3.05) is 13.7 Å². The Morgan fingerprint density at radius 1 is 1.32 bits per heavy atom. The van der Waals surface area contributed by atoms with Crippen molar-refractivity contribution in [2.24, 2.45) is 0 Å². The number of Topliss-reactive ketones (excluding diaryl/α,β-unsaturated/α-hetero) is 1. The second kappa shape index (κ2) is 7.83. The molecule has 1 unspecified atom stereocenters. The van der Waals surface area contributed by atoms with Crippen LogP contribution < -0.4 is 4.74 Å². The molecule has 1 amide bonds. The van der Waals surface area contributed by atoms with Gasteiger partial charge in [0.1, 0.15) is 5.75 Å². The minimum atomic E-state index is -0.330. The largest absolute Gasteiger partial charge is 0.496 e. The van der Waals surface area contributed by atoms with E-state index in [1.54, 1.807) is 29.4 Å². The minimum Gasteiger partial charge on any atom is -0.496 e. The molecule has 0 radical (unpaired) electrons. The predicted octanol–water partition coefficient (Wildman–Crippen LogP) is 3.87. The van der Waals surface area contributed by atoms with Crippen molar-refractivity contribution in [2.45, 2.75) is 38.6 Å². The van der Waals surface area contributed by atoms with Crippen molar-refractivity contribution in [3.63, 3.8) is 0 Å². The maximum atomic E-state index is 12.9. The van der Waals surface area contributed by atoms with Gasteiger partial charge >= 0.3 is 0 Å². The number of nitrogens with zero attached hydrogens (tertiary/aromatic N) is 1. The molecule has 0 spiro atoms. The minimum absolute atomic E-state index is 0.0349. The number of thiophene rings is 1. The third-order valence-electron chi connectivity index (χ3n) is 4.72. The molecule has 5 heteroatoms. The summed E-state index contributed by atoms with van der Waals surface area (Å²) >= 11 is 1.67. The van der Waals surface area contributed by atoms with Crippen LogP contribution in [0.2, 0.25) is 0 Å². The number of amides is 1. The molecular formula is C20H23NO3S. The summed E-state index contributed by atoms with van der Waals surface area (Å²) in [5.74, 6) is 0.883. The van der Waals surface area contributed by atoms with Crippen LogP contribution in [0.5, 0.6) is 5.75 Å². The molecule has 1 atom stereocenters. The van der Waals surface area contributed by atoms with Crippen LogP contribution >= 0.6 is 11.3 Å². The van der Waals surface area contributed by atoms with Gasteiger partial charge in [0.2, 0.25) is 5.91 Å². The number of benzene rings is 1. The van der Waals surface area contributed by atoms with Gasteiger partial charge in [0, 0.05) is 23.4 Å². The quantitative estimate of drug-likeness (QED) is 0.737. The number of methoxy groups -OCH3 is 1. The lowest BCUT2D eigenvalue weighted by Gasteiger charge is -2.24. The van der Waals surface area contributed by atoms with E-state index in [2.05, 4.69) is 0 Å². The molecule has 4 nitrogen and oxygen atoms in total. The van der Waals surface area contributed by atoms with Crippen LogP contribution in [-0.2, 0) is 11.2 Å². The summed E-state index contributed by atoms with van der Waals surface area (Å²) in [4.78, 5) is 28.5. The highest BCUT2D eigenvalue weighted by Gasteiger charge is 2.34. The van der Waals surface area contributed by atoms with Crippen LogP contribution in [-0.4, -0.2) is 36.3 Å². The van der Waals surface area contributed by atoms with Crippen LogP contribution in [0.1, 0.15) is 40.1 Å². The van der Waals surface area contributed by atoms with Gasteiger partial charge in [0.05, 0.1) is 13.2 Å². The van der Waals surface area contributed by atoms with Crippen molar-refractivity contribution >= 4 is 23.0 Å². The Kier molecular flexibility index (Phi) is 5.53. The predicted molar refractivity (Wildman–Crippen MR) is 99.4 cm³/mol. The molecule has 1 aromatic heterocycles. The number of aryl methyl sites for hydroxylation is 2. The van der Waals surface area contributed by atoms with Gasteiger partial charge in [-0.15, -0.1) is 11.3 Å². The first kappa shape index (κ1) is 17.7. The molecule has 2 aromatic rings. The maximum absolute atomic E-state index is 12.9. The molecule has 25 heavy (non-hydrogen) atoms. The summed E-state index contributed by atoms with van der Waals surface area (Å²) in [6.45, 7) is 2.60. The van der Waals surface area contributed by atoms with Gasteiger partial charge in [0.25, 0.3) is 0 Å². The molecule has 132 valence electrons. The normalized spacial score (nSPS) is 16.9. The molecule has 0 saturated carbocycles. The number of ether oxygens (including phenoxy) is 1. The zero-order valence-corrected chi connectivity index (χ0v) is 15.5. The first-order chi connectivity index (χ1) is 12.1. The number of hydrogen-bond donors (Lipinski definition) is 0. The van der Waals surface area contributed by atoms with Crippen molar-refractivity contribution in [1.29, 1.82) is 0 Å². The molecular weight excluding hydrogens is 334 g/mol. The van der Waals surface area contributed by atoms with Gasteiger partial charge in [-0.05, 0) is 61.4 Å². The van der Waals surface area contributed by atoms with Crippen LogP contribution in [0, 0.1) is 6.92 Å². The van der Waals surface area contributed by atoms with E-state index in [-0.39, 0.29) is 17.7 Å². The van der Waals surface area contributed by atoms with E-state index >= 15 is 0 Å². The summed E-state index contributed by atoms with van der Waals surface area (Å²) in [5, 5.41) is 2.02. The Labute approximate surface area is 152 Å². The standard InChI is InChI=1S/C20H23NO3S/c1-14-13-15(7-9-18(14)24-2)20(23)17-6-3-11-21(17)19(22)10-8-16-5-4-12-25-16/h4-5,7,9,12-13,17H,3,6,8,10-11H2,1-2H3. The number of hydrogen-bond acceptors (Lipinski definition) is 4. The van der Waals surface area contributed by atoms with Gasteiger partial charge in [-0.3, -0.25) is 9.59 Å². The van der Waals surface area contributed by atoms with Crippen molar-refractivity contribution < 1.29 is 14.3 Å². The summed E-state index contributed by atoms with van der Waals surface area (Å²) in [6, 6.07) is 9.18. The molecule has 3 rings (SSSR count). The molecule has 0 bridgehead atoms. The van der Waals surface area contributed by atoms with E-state index < -0.39 is 0 Å². The van der Waals surface area contributed by atoms with Crippen molar-refractivity contribution in [3.05, 3.63) is 51.7 Å². The topological polar surface area (TPSA) is 46.6 Å². The smallest absolute Gasteiger partial charge is 0.223 e. The zero-order valence-electron chi connectivity index (χ0n) is 14.7. The Hall–Kier alpha value is -2.14. The van der Waals surface area contributed by atoms with E-state index in [1.165, 1.54) is 4.88 Å². The Morgan fingerprint density at radius 2 is 2.16 bits per heavy atom. The van der Waals surface area contributed by atoms with Gasteiger partial charge in [-0.1, -0.05) is 6.07 Å². The summed E-state index contributed by atoms with van der Waals surface area (Å²) < 4.78 is 5.26. The average Bonchev–Trinajstić information content (AvgIpc) is 3.30. The maximum Gasteiger partial charge on any atom is 0.223 e. The molecule has 1 aliphatic rings. The lowest BCUT2D eigenvalue weighted by molar-refractivity contribution is -0.131. The average molecular weight is 357 g/mol. The first-order valence-electron chi connectivity index (χ1n) is 8.61. The number of carbonyl (C=O) groups excluding carboxylic acids is 2. The van der Waals surface area contributed by atoms with E-state index in [0.717, 1.165) is 30.6 Å². The van der Waals surface area contributed by atoms with Crippen LogP contribution in [0.4, 0.5) is 0 Å². The fourth-order valence-corrected chi connectivity index (χ4v) is 4.10. The Balaban J connectivity index is 1.68. The molecule has 0 aliphatic carbocycles. The fraction of sp³-hybridized carbons (Fsp3) is 0.400. The lowest BCUT2D eigenvalue weighted by Crippen LogP contribution is -2.40. The SMILES string of the molecule is COc1ccc(C(=O)C2CCCN2C(=O)CCc2cccs2)cc1C. The van der Waals surface area contributed by atoms with Crippen LogP contribution in [0.25, 0.3) is 0 Å². The molecule has 1 fully saturated rings. The third kappa shape index (κ3) is 3.93. The summed E-state index contributed by atoms with van der Waals surface area (Å²) in [5.41, 5.74) is 1.59. The van der Waals surface area contributed by atoms with E-state index in [1.807, 2.05) is 36.6 Å². The van der Waals surface area contributed by atoms with Crippen molar-refractivity contribution in [1.82, 2.24) is 4.90 Å². The highest BCUT2D eigenvalue weighted by atomic mass is 32.1. The van der Waals surface area contributed by atoms with E-state index in [0.29, 0.717) is 18.5 Å². The van der Waals surface area contributed by atoms with E-state index in [9.17, 15) is 9.59 Å². The molecule has 1 saturated heterocycles. The van der Waals surface area contributed by atoms with Crippen molar-refractivity contribution in [3.8, 4) is 5.75 Å². The Bertz CT molecular complexity index is 754. The lowest BCUT2D eigenvalue weighted by atomic mass is 10.00. The van der Waals surface area contributed by atoms with Gasteiger partial charge in [-0.2, -0.15) is 0 Å². The summed E-state index contributed by atoms with van der Waals surface area (Å²) in [6.07, 6.45) is 2.84. The molecule has 2 heterocycles. The number of rotatable bonds is 6. The monoisotopic (exact) mass is 357 g/mol. The van der Waals surface area contributed by atoms with Gasteiger partial charge in [0.15, 0.2) is 5.78 Å². The van der Waals surface area contributed by atoms with E-state index in [4.69, 9.17) is 4.74 Å². The number of ketones is 1. The second-order valence-electron chi connectivity index (χ2n) is 6.37. The number of carbonyl (C=O) groups is 2. The summed E-state index contributed by atoms with van der Waals surface area (Å²) in [7, 11) is 1.62. The zero-order chi connectivity index (χ0) is 17.8. The van der Waals surface area contributed by atoms with Crippen LogP contribution in [0.3, 0.4) is 0 Å². The molecule has 0 N–H and O–H groups in total. The second-order valence-corrected chi connectivity index (χ2v) is 7.41. The Morgan fingerprint density at radius 3 is 2.84 bits per heavy atom.